The van der Waals surface area contributed by atoms with Gasteiger partial charge in [0.25, 0.3) is 0 Å². The van der Waals surface area contributed by atoms with Crippen LogP contribution in [0.25, 0.3) is 0 Å². The van der Waals surface area contributed by atoms with E-state index < -0.39 is 5.82 Å². The van der Waals surface area contributed by atoms with Gasteiger partial charge < -0.3 is 15.8 Å². The first-order valence-electron chi connectivity index (χ1n) is 5.37. The number of halogens is 1. The lowest BCUT2D eigenvalue weighted by molar-refractivity contribution is -0.120. The Balaban J connectivity index is 2.57. The van der Waals surface area contributed by atoms with Gasteiger partial charge in [0, 0.05) is 12.6 Å². The number of methoxy groups -OCH3 is 1. The van der Waals surface area contributed by atoms with Crippen molar-refractivity contribution in [1.82, 2.24) is 5.32 Å². The Labute approximate surface area is 100.0 Å². The Morgan fingerprint density at radius 2 is 2.29 bits per heavy atom. The minimum Gasteiger partial charge on any atom is -0.494 e. The molecule has 1 aromatic rings. The molecule has 0 radical (unpaired) electrons. The first-order valence-corrected chi connectivity index (χ1v) is 5.37. The lowest BCUT2D eigenvalue weighted by Gasteiger charge is -2.08. The molecule has 0 aromatic heterocycles. The van der Waals surface area contributed by atoms with Crippen molar-refractivity contribution in [1.29, 1.82) is 0 Å². The maximum atomic E-state index is 13.3. The van der Waals surface area contributed by atoms with Crippen LogP contribution in [0.15, 0.2) is 18.2 Å². The summed E-state index contributed by atoms with van der Waals surface area (Å²) in [6, 6.07) is 4.37. The van der Waals surface area contributed by atoms with Crippen LogP contribution in [0.4, 0.5) is 4.39 Å². The second-order valence-electron chi connectivity index (χ2n) is 3.93. The molecule has 5 heteroatoms. The van der Waals surface area contributed by atoms with Gasteiger partial charge in [-0.25, -0.2) is 4.39 Å². The number of hydrogen-bond acceptors (Lipinski definition) is 3. The fourth-order valence-corrected chi connectivity index (χ4v) is 1.34. The molecule has 94 valence electrons. The second-order valence-corrected chi connectivity index (χ2v) is 3.93. The summed E-state index contributed by atoms with van der Waals surface area (Å²) < 4.78 is 18.1. The van der Waals surface area contributed by atoms with E-state index in [4.69, 9.17) is 10.5 Å². The molecule has 0 aliphatic rings. The van der Waals surface area contributed by atoms with Crippen LogP contribution in [0.1, 0.15) is 12.5 Å². The van der Waals surface area contributed by atoms with Crippen molar-refractivity contribution in [2.24, 2.45) is 5.73 Å². The van der Waals surface area contributed by atoms with Crippen LogP contribution in [0, 0.1) is 5.82 Å². The number of ether oxygens (including phenoxy) is 1. The van der Waals surface area contributed by atoms with Gasteiger partial charge in [-0.05, 0) is 24.6 Å². The molecular weight excluding hydrogens is 223 g/mol. The van der Waals surface area contributed by atoms with Crippen molar-refractivity contribution in [2.45, 2.75) is 19.4 Å². The molecule has 0 aliphatic carbocycles. The van der Waals surface area contributed by atoms with Crippen molar-refractivity contribution < 1.29 is 13.9 Å². The van der Waals surface area contributed by atoms with Crippen LogP contribution >= 0.6 is 0 Å². The Morgan fingerprint density at radius 3 is 2.82 bits per heavy atom. The first kappa shape index (κ1) is 13.4. The maximum Gasteiger partial charge on any atom is 0.224 e. The Hall–Kier alpha value is -1.62. The third-order valence-electron chi connectivity index (χ3n) is 2.20. The molecular formula is C12H17FN2O2. The van der Waals surface area contributed by atoms with Crippen LogP contribution in [0.2, 0.25) is 0 Å². The quantitative estimate of drug-likeness (QED) is 0.801. The van der Waals surface area contributed by atoms with E-state index in [0.717, 1.165) is 0 Å². The number of carbonyl (C=O) groups excluding carboxylic acids is 1. The van der Waals surface area contributed by atoms with E-state index in [1.807, 2.05) is 0 Å². The molecule has 1 rings (SSSR count). The van der Waals surface area contributed by atoms with Gasteiger partial charge in [0.1, 0.15) is 0 Å². The molecule has 0 saturated carbocycles. The van der Waals surface area contributed by atoms with Gasteiger partial charge in [0.2, 0.25) is 5.91 Å². The third-order valence-corrected chi connectivity index (χ3v) is 2.20. The predicted molar refractivity (Wildman–Crippen MR) is 63.3 cm³/mol. The third kappa shape index (κ3) is 4.40. The van der Waals surface area contributed by atoms with Gasteiger partial charge in [0.15, 0.2) is 11.6 Å². The molecule has 1 amide bonds. The van der Waals surface area contributed by atoms with E-state index in [0.29, 0.717) is 12.1 Å². The Kier molecular flexibility index (Phi) is 4.90. The lowest BCUT2D eigenvalue weighted by atomic mass is 10.1. The summed E-state index contributed by atoms with van der Waals surface area (Å²) in [4.78, 5) is 11.5. The molecule has 0 fully saturated rings. The number of amides is 1. The van der Waals surface area contributed by atoms with Gasteiger partial charge in [-0.3, -0.25) is 4.79 Å². The van der Waals surface area contributed by atoms with Crippen LogP contribution in [0.5, 0.6) is 5.75 Å². The minimum absolute atomic E-state index is 0.0912. The van der Waals surface area contributed by atoms with E-state index >= 15 is 0 Å². The number of hydrogen-bond donors (Lipinski definition) is 2. The van der Waals surface area contributed by atoms with Crippen molar-refractivity contribution in [2.75, 3.05) is 13.7 Å². The number of nitrogens with two attached hydrogens (primary N) is 1. The SMILES string of the molecule is COc1ccc(CC(=O)NCC(C)N)cc1F. The van der Waals surface area contributed by atoms with Crippen molar-refractivity contribution in [3.63, 3.8) is 0 Å². The summed E-state index contributed by atoms with van der Waals surface area (Å²) in [6.07, 6.45) is 0.133. The number of benzene rings is 1. The monoisotopic (exact) mass is 240 g/mol. The highest BCUT2D eigenvalue weighted by Gasteiger charge is 2.07. The Bertz CT molecular complexity index is 394. The summed E-state index contributed by atoms with van der Waals surface area (Å²) in [5.41, 5.74) is 6.11. The van der Waals surface area contributed by atoms with Crippen LogP contribution in [0.3, 0.4) is 0 Å². The topological polar surface area (TPSA) is 64.3 Å². The van der Waals surface area contributed by atoms with Gasteiger partial charge in [-0.15, -0.1) is 0 Å². The smallest absolute Gasteiger partial charge is 0.224 e. The zero-order valence-electron chi connectivity index (χ0n) is 10.00. The summed E-state index contributed by atoms with van der Waals surface area (Å²) >= 11 is 0. The average Bonchev–Trinajstić information content (AvgIpc) is 2.26. The van der Waals surface area contributed by atoms with Crippen molar-refractivity contribution >= 4 is 5.91 Å². The number of nitrogens with one attached hydrogen (secondary N) is 1. The molecule has 3 N–H and O–H groups in total. The van der Waals surface area contributed by atoms with E-state index in [9.17, 15) is 9.18 Å². The largest absolute Gasteiger partial charge is 0.494 e. The molecule has 0 heterocycles. The van der Waals surface area contributed by atoms with Crippen LogP contribution < -0.4 is 15.8 Å². The number of rotatable bonds is 5. The van der Waals surface area contributed by atoms with Gasteiger partial charge in [0.05, 0.1) is 13.5 Å². The summed E-state index contributed by atoms with van der Waals surface area (Å²) in [6.45, 7) is 2.21. The zero-order valence-corrected chi connectivity index (χ0v) is 10.00. The molecule has 4 nitrogen and oxygen atoms in total. The molecule has 0 bridgehead atoms. The fourth-order valence-electron chi connectivity index (χ4n) is 1.34. The summed E-state index contributed by atoms with van der Waals surface area (Å²) in [5, 5.41) is 2.66. The zero-order chi connectivity index (χ0) is 12.8. The lowest BCUT2D eigenvalue weighted by Crippen LogP contribution is -2.35. The van der Waals surface area contributed by atoms with E-state index in [2.05, 4.69) is 5.32 Å². The fraction of sp³-hybridized carbons (Fsp3) is 0.417. The number of carbonyl (C=O) groups is 1. The van der Waals surface area contributed by atoms with E-state index in [1.54, 1.807) is 13.0 Å². The van der Waals surface area contributed by atoms with Gasteiger partial charge in [-0.1, -0.05) is 6.07 Å². The summed E-state index contributed by atoms with van der Waals surface area (Å²) in [5.74, 6) is -0.471. The highest BCUT2D eigenvalue weighted by molar-refractivity contribution is 5.78. The molecule has 1 unspecified atom stereocenters. The molecule has 0 spiro atoms. The maximum absolute atomic E-state index is 13.3. The molecule has 0 saturated heterocycles. The molecule has 1 atom stereocenters. The molecule has 1 aromatic carbocycles. The predicted octanol–water partition coefficient (Wildman–Crippen LogP) is 0.840. The first-order chi connectivity index (χ1) is 8.02. The second kappa shape index (κ2) is 6.20. The van der Waals surface area contributed by atoms with E-state index in [1.165, 1.54) is 19.2 Å². The highest BCUT2D eigenvalue weighted by Crippen LogP contribution is 2.17. The standard InChI is InChI=1S/C12H17FN2O2/c1-8(14)7-15-12(16)6-9-3-4-11(17-2)10(13)5-9/h3-5,8H,6-7,14H2,1-2H3,(H,15,16). The van der Waals surface area contributed by atoms with Crippen LogP contribution in [-0.4, -0.2) is 25.6 Å². The Morgan fingerprint density at radius 1 is 1.59 bits per heavy atom. The minimum atomic E-state index is -0.468. The van der Waals surface area contributed by atoms with Crippen molar-refractivity contribution in [3.05, 3.63) is 29.6 Å². The van der Waals surface area contributed by atoms with Crippen LogP contribution in [-0.2, 0) is 11.2 Å². The van der Waals surface area contributed by atoms with Gasteiger partial charge >= 0.3 is 0 Å². The average molecular weight is 240 g/mol. The highest BCUT2D eigenvalue weighted by atomic mass is 19.1. The summed E-state index contributed by atoms with van der Waals surface area (Å²) in [7, 11) is 1.40. The normalized spacial score (nSPS) is 12.0. The van der Waals surface area contributed by atoms with E-state index in [-0.39, 0.29) is 24.1 Å². The van der Waals surface area contributed by atoms with Crippen molar-refractivity contribution in [3.8, 4) is 5.75 Å². The molecule has 17 heavy (non-hydrogen) atoms. The van der Waals surface area contributed by atoms with Gasteiger partial charge in [-0.2, -0.15) is 0 Å². The molecule has 0 aliphatic heterocycles.